The van der Waals surface area contributed by atoms with Crippen LogP contribution in [0.3, 0.4) is 0 Å². The third-order valence-corrected chi connectivity index (χ3v) is 11.6. The summed E-state index contributed by atoms with van der Waals surface area (Å²) in [5.74, 6) is 3.40. The Labute approximate surface area is 328 Å². The Morgan fingerprint density at radius 1 is 0.351 bits per heavy atom. The molecule has 1 aliphatic carbocycles. The van der Waals surface area contributed by atoms with Gasteiger partial charge in [-0.15, -0.1) is 0 Å². The van der Waals surface area contributed by atoms with Gasteiger partial charge in [0.2, 0.25) is 0 Å². The molecule has 0 amide bonds. The van der Waals surface area contributed by atoms with E-state index in [9.17, 15) is 0 Å². The van der Waals surface area contributed by atoms with Crippen molar-refractivity contribution in [3.05, 3.63) is 210 Å². The first-order valence-electron chi connectivity index (χ1n) is 19.2. The number of ether oxygens (including phenoxy) is 1. The van der Waals surface area contributed by atoms with Gasteiger partial charge in [0.25, 0.3) is 0 Å². The standard InChI is InChI=1S/C52H31N3O2/c1-3-15-32(16-4-1)34-19-13-20-35(29-34)50-53-49(33-17-5-2-6-18-33)54-51(55-50)38-23-14-28-45-48(38)39-30-47-43(31-46(39)57-45)52(42-26-11-12-27-44(42)56-47)40-24-9-7-21-36(40)37-22-8-10-25-41(37)52/h1-31H. The number of hydrogen-bond acceptors (Lipinski definition) is 5. The molecule has 5 nitrogen and oxygen atoms in total. The second-order valence-electron chi connectivity index (χ2n) is 14.7. The highest BCUT2D eigenvalue weighted by atomic mass is 16.5. The second kappa shape index (κ2) is 12.2. The van der Waals surface area contributed by atoms with E-state index in [-0.39, 0.29) is 0 Å². The predicted octanol–water partition coefficient (Wildman–Crippen LogP) is 12.9. The molecule has 0 fully saturated rings. The Balaban J connectivity index is 1.10. The van der Waals surface area contributed by atoms with E-state index in [1.54, 1.807) is 0 Å². The topological polar surface area (TPSA) is 61.0 Å². The number of nitrogens with zero attached hydrogens (tertiary/aromatic N) is 3. The number of para-hydroxylation sites is 1. The lowest BCUT2D eigenvalue weighted by Gasteiger charge is -2.39. The fraction of sp³-hybridized carbons (Fsp3) is 0.0192. The first kappa shape index (κ1) is 31.7. The molecule has 57 heavy (non-hydrogen) atoms. The van der Waals surface area contributed by atoms with Gasteiger partial charge in [0, 0.05) is 38.6 Å². The van der Waals surface area contributed by atoms with E-state index in [1.807, 2.05) is 54.6 Å². The fourth-order valence-electron chi connectivity index (χ4n) is 9.17. The highest BCUT2D eigenvalue weighted by Crippen LogP contribution is 2.62. The van der Waals surface area contributed by atoms with Gasteiger partial charge >= 0.3 is 0 Å². The highest BCUT2D eigenvalue weighted by Gasteiger charge is 2.51. The van der Waals surface area contributed by atoms with Crippen LogP contribution in [0.2, 0.25) is 0 Å². The molecule has 5 heteroatoms. The average Bonchev–Trinajstić information content (AvgIpc) is 3.80. The summed E-state index contributed by atoms with van der Waals surface area (Å²) in [6.07, 6.45) is 0. The van der Waals surface area contributed by atoms with Gasteiger partial charge in [-0.25, -0.2) is 15.0 Å². The fourth-order valence-corrected chi connectivity index (χ4v) is 9.17. The lowest BCUT2D eigenvalue weighted by atomic mass is 9.66. The van der Waals surface area contributed by atoms with Gasteiger partial charge < -0.3 is 9.15 Å². The summed E-state index contributed by atoms with van der Waals surface area (Å²) in [5.41, 5.74) is 12.9. The van der Waals surface area contributed by atoms with Gasteiger partial charge in [-0.2, -0.15) is 0 Å². The van der Waals surface area contributed by atoms with Crippen LogP contribution in [0, 0.1) is 0 Å². The average molecular weight is 730 g/mol. The van der Waals surface area contributed by atoms with Crippen molar-refractivity contribution in [2.45, 2.75) is 5.41 Å². The van der Waals surface area contributed by atoms with Gasteiger partial charge in [-0.3, -0.25) is 0 Å². The van der Waals surface area contributed by atoms with Gasteiger partial charge in [-0.1, -0.05) is 158 Å². The number of hydrogen-bond donors (Lipinski definition) is 0. The molecule has 0 unspecified atom stereocenters. The van der Waals surface area contributed by atoms with Gasteiger partial charge in [-0.05, 0) is 63.7 Å². The highest BCUT2D eigenvalue weighted by molar-refractivity contribution is 6.13. The molecule has 266 valence electrons. The maximum Gasteiger partial charge on any atom is 0.164 e. The van der Waals surface area contributed by atoms with E-state index in [1.165, 1.54) is 22.3 Å². The lowest BCUT2D eigenvalue weighted by Crippen LogP contribution is -2.32. The molecule has 1 aliphatic heterocycles. The van der Waals surface area contributed by atoms with Crippen molar-refractivity contribution in [3.63, 3.8) is 0 Å². The molecular weight excluding hydrogens is 699 g/mol. The largest absolute Gasteiger partial charge is 0.457 e. The van der Waals surface area contributed by atoms with Crippen LogP contribution < -0.4 is 4.74 Å². The Hall–Kier alpha value is -7.63. The van der Waals surface area contributed by atoms with Crippen LogP contribution in [0.25, 0.3) is 78.4 Å². The van der Waals surface area contributed by atoms with Crippen LogP contribution in [0.1, 0.15) is 22.3 Å². The summed E-state index contributed by atoms with van der Waals surface area (Å²) in [6.45, 7) is 0. The zero-order valence-corrected chi connectivity index (χ0v) is 30.6. The van der Waals surface area contributed by atoms with Crippen molar-refractivity contribution in [1.82, 2.24) is 15.0 Å². The number of benzene rings is 8. The maximum absolute atomic E-state index is 6.88. The minimum Gasteiger partial charge on any atom is -0.457 e. The molecule has 0 saturated carbocycles. The van der Waals surface area contributed by atoms with E-state index in [0.29, 0.717) is 17.5 Å². The molecule has 2 aromatic heterocycles. The minimum absolute atomic E-state index is 0.566. The Morgan fingerprint density at radius 3 is 1.67 bits per heavy atom. The van der Waals surface area contributed by atoms with E-state index < -0.39 is 5.41 Å². The van der Waals surface area contributed by atoms with Crippen molar-refractivity contribution >= 4 is 21.9 Å². The molecule has 10 aromatic rings. The second-order valence-corrected chi connectivity index (χ2v) is 14.7. The van der Waals surface area contributed by atoms with Crippen molar-refractivity contribution in [2.24, 2.45) is 0 Å². The summed E-state index contributed by atoms with van der Waals surface area (Å²) in [4.78, 5) is 15.4. The zero-order valence-electron chi connectivity index (χ0n) is 30.6. The molecule has 2 aliphatic rings. The number of fused-ring (bicyclic) bond motifs is 12. The molecule has 8 aromatic carbocycles. The maximum atomic E-state index is 6.88. The first-order chi connectivity index (χ1) is 28.2. The van der Waals surface area contributed by atoms with Crippen LogP contribution in [-0.2, 0) is 5.41 Å². The third kappa shape index (κ3) is 4.66. The lowest BCUT2D eigenvalue weighted by molar-refractivity contribution is 0.437. The molecular formula is C52H31N3O2. The van der Waals surface area contributed by atoms with E-state index in [2.05, 4.69) is 133 Å². The van der Waals surface area contributed by atoms with Crippen molar-refractivity contribution in [1.29, 1.82) is 0 Å². The molecule has 0 saturated heterocycles. The Morgan fingerprint density at radius 2 is 0.912 bits per heavy atom. The van der Waals surface area contributed by atoms with Gasteiger partial charge in [0.05, 0.1) is 5.41 Å². The first-order valence-corrected chi connectivity index (χ1v) is 19.2. The van der Waals surface area contributed by atoms with Crippen LogP contribution in [0.4, 0.5) is 0 Å². The van der Waals surface area contributed by atoms with Crippen LogP contribution in [0.15, 0.2) is 192 Å². The quantitative estimate of drug-likeness (QED) is 0.180. The normalized spacial score (nSPS) is 13.2. The van der Waals surface area contributed by atoms with E-state index in [0.717, 1.165) is 72.4 Å². The summed E-state index contributed by atoms with van der Waals surface area (Å²) in [7, 11) is 0. The molecule has 1 spiro atoms. The third-order valence-electron chi connectivity index (χ3n) is 11.6. The monoisotopic (exact) mass is 729 g/mol. The van der Waals surface area contributed by atoms with Crippen molar-refractivity contribution < 1.29 is 9.15 Å². The van der Waals surface area contributed by atoms with Gasteiger partial charge in [0.1, 0.15) is 22.7 Å². The van der Waals surface area contributed by atoms with Crippen molar-refractivity contribution in [3.8, 4) is 67.9 Å². The van der Waals surface area contributed by atoms with E-state index in [4.69, 9.17) is 24.1 Å². The molecule has 3 heterocycles. The summed E-state index contributed by atoms with van der Waals surface area (Å²) in [5, 5.41) is 1.86. The molecule has 12 rings (SSSR count). The van der Waals surface area contributed by atoms with Gasteiger partial charge in [0.15, 0.2) is 17.5 Å². The summed E-state index contributed by atoms with van der Waals surface area (Å²) >= 11 is 0. The van der Waals surface area contributed by atoms with E-state index >= 15 is 0 Å². The zero-order chi connectivity index (χ0) is 37.5. The summed E-state index contributed by atoms with van der Waals surface area (Å²) in [6, 6.07) is 65.3. The SMILES string of the molecule is c1ccc(-c2cccc(-c3nc(-c4ccccc4)nc(-c4cccc5oc6cc7c(cc6c45)Oc4ccccc4C74c5ccccc5-c5ccccc54)n3)c2)cc1. The summed E-state index contributed by atoms with van der Waals surface area (Å²) < 4.78 is 13.7. The Kier molecular flexibility index (Phi) is 6.78. The number of rotatable bonds is 4. The molecule has 0 radical (unpaired) electrons. The Bertz CT molecular complexity index is 3180. The predicted molar refractivity (Wildman–Crippen MR) is 226 cm³/mol. The van der Waals surface area contributed by atoms with Crippen LogP contribution >= 0.6 is 0 Å². The minimum atomic E-state index is -0.588. The number of furan rings is 1. The molecule has 0 bridgehead atoms. The van der Waals surface area contributed by atoms with Crippen molar-refractivity contribution in [2.75, 3.05) is 0 Å². The van der Waals surface area contributed by atoms with Crippen LogP contribution in [-0.4, -0.2) is 15.0 Å². The molecule has 0 N–H and O–H groups in total. The smallest absolute Gasteiger partial charge is 0.164 e. The van der Waals surface area contributed by atoms with Crippen LogP contribution in [0.5, 0.6) is 11.5 Å². The number of aromatic nitrogens is 3. The molecule has 0 atom stereocenters.